The highest BCUT2D eigenvalue weighted by molar-refractivity contribution is 7.92. The van der Waals surface area contributed by atoms with Crippen LogP contribution < -0.4 is 14.8 Å². The number of aromatic hydroxyl groups is 1. The maximum atomic E-state index is 12.8. The lowest BCUT2D eigenvalue weighted by atomic mass is 10.0. The highest BCUT2D eigenvalue weighted by Gasteiger charge is 2.18. The van der Waals surface area contributed by atoms with Crippen LogP contribution in [0.15, 0.2) is 83.8 Å². The summed E-state index contributed by atoms with van der Waals surface area (Å²) in [4.78, 5) is 12.8. The number of ether oxygens (including phenoxy) is 1. The molecule has 0 spiro atoms. The van der Waals surface area contributed by atoms with Gasteiger partial charge in [0.1, 0.15) is 11.5 Å². The summed E-state index contributed by atoms with van der Waals surface area (Å²) >= 11 is 0. The van der Waals surface area contributed by atoms with Gasteiger partial charge >= 0.3 is 0 Å². The van der Waals surface area contributed by atoms with Crippen molar-refractivity contribution in [1.29, 1.82) is 0 Å². The van der Waals surface area contributed by atoms with E-state index in [0.29, 0.717) is 36.0 Å². The Hall–Kier alpha value is -4.04. The highest BCUT2D eigenvalue weighted by Crippen LogP contribution is 2.34. The van der Waals surface area contributed by atoms with E-state index < -0.39 is 15.9 Å². The molecule has 0 aliphatic rings. The van der Waals surface area contributed by atoms with Crippen LogP contribution in [0.3, 0.4) is 0 Å². The van der Waals surface area contributed by atoms with Gasteiger partial charge in [-0.25, -0.2) is 8.42 Å². The molecule has 4 aromatic rings. The molecule has 0 saturated heterocycles. The summed E-state index contributed by atoms with van der Waals surface area (Å²) in [6.45, 7) is 4.83. The lowest BCUT2D eigenvalue weighted by molar-refractivity contribution is 0.0949. The zero-order valence-electron chi connectivity index (χ0n) is 20.1. The molecule has 7 nitrogen and oxygen atoms in total. The van der Waals surface area contributed by atoms with Crippen LogP contribution in [0.2, 0.25) is 0 Å². The van der Waals surface area contributed by atoms with Crippen molar-refractivity contribution in [2.24, 2.45) is 0 Å². The second kappa shape index (κ2) is 10.7. The number of phenolic OH excluding ortho intramolecular Hbond substituents is 1. The van der Waals surface area contributed by atoms with Crippen molar-refractivity contribution in [2.75, 3.05) is 17.9 Å². The van der Waals surface area contributed by atoms with E-state index in [0.717, 1.165) is 11.3 Å². The van der Waals surface area contributed by atoms with E-state index in [2.05, 4.69) is 16.1 Å². The summed E-state index contributed by atoms with van der Waals surface area (Å²) in [5, 5.41) is 14.4. The molecule has 186 valence electrons. The number of benzene rings is 4. The van der Waals surface area contributed by atoms with Gasteiger partial charge < -0.3 is 15.2 Å². The molecule has 4 rings (SSSR count). The number of hydrogen-bond acceptors (Lipinski definition) is 5. The average molecular weight is 505 g/mol. The number of amides is 1. The van der Waals surface area contributed by atoms with Gasteiger partial charge in [-0.15, -0.1) is 0 Å². The third-order valence-electron chi connectivity index (χ3n) is 5.77. The summed E-state index contributed by atoms with van der Waals surface area (Å²) in [7, 11) is -3.81. The van der Waals surface area contributed by atoms with Crippen molar-refractivity contribution in [2.45, 2.75) is 25.2 Å². The van der Waals surface area contributed by atoms with Crippen molar-refractivity contribution < 1.29 is 23.1 Å². The SMILES string of the molecule is Cc1ccc(OCCCNC(=O)c2ccc3c(NS(=O)(=O)c4ccccc4)cccc3c2O)c(C)c1. The molecule has 3 N–H and O–H groups in total. The van der Waals surface area contributed by atoms with Crippen LogP contribution in [0, 0.1) is 13.8 Å². The van der Waals surface area contributed by atoms with E-state index in [1.54, 1.807) is 42.5 Å². The summed E-state index contributed by atoms with van der Waals surface area (Å²) in [5.41, 5.74) is 2.65. The highest BCUT2D eigenvalue weighted by atomic mass is 32.2. The molecule has 0 radical (unpaired) electrons. The molecule has 0 aliphatic heterocycles. The third kappa shape index (κ3) is 5.60. The van der Waals surface area contributed by atoms with Crippen molar-refractivity contribution >= 4 is 32.4 Å². The van der Waals surface area contributed by atoms with Gasteiger partial charge in [0.15, 0.2) is 0 Å². The van der Waals surface area contributed by atoms with Gasteiger partial charge in [0.2, 0.25) is 0 Å². The van der Waals surface area contributed by atoms with Crippen LogP contribution >= 0.6 is 0 Å². The topological polar surface area (TPSA) is 105 Å². The molecule has 0 fully saturated rings. The number of hydrogen-bond donors (Lipinski definition) is 3. The Morgan fingerprint density at radius 2 is 1.69 bits per heavy atom. The Morgan fingerprint density at radius 3 is 2.44 bits per heavy atom. The van der Waals surface area contributed by atoms with E-state index in [9.17, 15) is 18.3 Å². The molecule has 36 heavy (non-hydrogen) atoms. The first kappa shape index (κ1) is 25.1. The number of aryl methyl sites for hydroxylation is 2. The van der Waals surface area contributed by atoms with E-state index in [1.165, 1.54) is 23.8 Å². The Bertz CT molecular complexity index is 1500. The number of anilines is 1. The van der Waals surface area contributed by atoms with Crippen molar-refractivity contribution in [3.05, 3.63) is 95.6 Å². The minimum Gasteiger partial charge on any atom is -0.506 e. The third-order valence-corrected chi connectivity index (χ3v) is 7.15. The van der Waals surface area contributed by atoms with Crippen LogP contribution in [0.4, 0.5) is 5.69 Å². The fraction of sp³-hybridized carbons (Fsp3) is 0.179. The van der Waals surface area contributed by atoms with Gasteiger partial charge in [-0.2, -0.15) is 0 Å². The van der Waals surface area contributed by atoms with Crippen molar-refractivity contribution in [1.82, 2.24) is 5.32 Å². The fourth-order valence-electron chi connectivity index (χ4n) is 3.93. The number of phenols is 1. The number of sulfonamides is 1. The van der Waals surface area contributed by atoms with Gasteiger partial charge in [0.25, 0.3) is 15.9 Å². The Morgan fingerprint density at radius 1 is 0.917 bits per heavy atom. The van der Waals surface area contributed by atoms with E-state index >= 15 is 0 Å². The van der Waals surface area contributed by atoms with Crippen LogP contribution in [-0.4, -0.2) is 32.6 Å². The number of fused-ring (bicyclic) bond motifs is 1. The Kier molecular flexibility index (Phi) is 7.45. The average Bonchev–Trinajstić information content (AvgIpc) is 2.86. The van der Waals surface area contributed by atoms with Crippen LogP contribution in [0.1, 0.15) is 27.9 Å². The van der Waals surface area contributed by atoms with Crippen LogP contribution in [-0.2, 0) is 10.0 Å². The number of nitrogens with one attached hydrogen (secondary N) is 2. The maximum absolute atomic E-state index is 12.8. The fourth-order valence-corrected chi connectivity index (χ4v) is 5.03. The summed E-state index contributed by atoms with van der Waals surface area (Å²) in [5.74, 6) is 0.186. The summed E-state index contributed by atoms with van der Waals surface area (Å²) in [6, 6.07) is 22.0. The van der Waals surface area contributed by atoms with Crippen LogP contribution in [0.5, 0.6) is 11.5 Å². The predicted molar refractivity (Wildman–Crippen MR) is 141 cm³/mol. The summed E-state index contributed by atoms with van der Waals surface area (Å²) < 4.78 is 33.9. The molecular formula is C28H28N2O5S. The molecule has 8 heteroatoms. The molecular weight excluding hydrogens is 476 g/mol. The first-order valence-corrected chi connectivity index (χ1v) is 13.1. The van der Waals surface area contributed by atoms with Crippen molar-refractivity contribution in [3.63, 3.8) is 0 Å². The molecule has 0 aliphatic carbocycles. The Balaban J connectivity index is 1.42. The second-order valence-corrected chi connectivity index (χ2v) is 10.2. The normalized spacial score (nSPS) is 11.3. The van der Waals surface area contributed by atoms with Gasteiger partial charge in [0.05, 0.1) is 22.8 Å². The zero-order valence-corrected chi connectivity index (χ0v) is 20.9. The second-order valence-electron chi connectivity index (χ2n) is 8.51. The number of carbonyl (C=O) groups excluding carboxylic acids is 1. The van der Waals surface area contributed by atoms with Crippen LogP contribution in [0.25, 0.3) is 10.8 Å². The largest absolute Gasteiger partial charge is 0.506 e. The Labute approximate surface area is 210 Å². The minimum atomic E-state index is -3.81. The zero-order chi connectivity index (χ0) is 25.7. The van der Waals surface area contributed by atoms with E-state index in [4.69, 9.17) is 4.74 Å². The lowest BCUT2D eigenvalue weighted by Gasteiger charge is -2.14. The number of rotatable bonds is 9. The first-order chi connectivity index (χ1) is 17.3. The molecule has 0 bridgehead atoms. The molecule has 0 unspecified atom stereocenters. The molecule has 0 aromatic heterocycles. The van der Waals surface area contributed by atoms with E-state index in [-0.39, 0.29) is 16.2 Å². The van der Waals surface area contributed by atoms with Crippen molar-refractivity contribution in [3.8, 4) is 11.5 Å². The number of carbonyl (C=O) groups is 1. The molecule has 0 atom stereocenters. The first-order valence-electron chi connectivity index (χ1n) is 11.6. The van der Waals surface area contributed by atoms with Gasteiger partial charge in [-0.05, 0) is 56.2 Å². The quantitative estimate of drug-likeness (QED) is 0.273. The molecule has 0 saturated carbocycles. The minimum absolute atomic E-state index is 0.112. The summed E-state index contributed by atoms with van der Waals surface area (Å²) in [6.07, 6.45) is 0.596. The monoisotopic (exact) mass is 504 g/mol. The standard InChI is InChI=1S/C28H28N2O5S/c1-19-12-15-26(20(2)18-19)35-17-7-16-29-28(32)24-14-13-22-23(27(24)31)10-6-11-25(22)30-36(33,34)21-8-4-3-5-9-21/h3-6,8-15,18,30-31H,7,16-17H2,1-2H3,(H,29,32). The van der Waals surface area contributed by atoms with Gasteiger partial charge in [0, 0.05) is 17.3 Å². The van der Waals surface area contributed by atoms with E-state index in [1.807, 2.05) is 26.0 Å². The predicted octanol–water partition coefficient (Wildman–Crippen LogP) is 5.16. The van der Waals surface area contributed by atoms with Gasteiger partial charge in [-0.1, -0.05) is 54.1 Å². The molecule has 0 heterocycles. The molecule has 1 amide bonds. The smallest absolute Gasteiger partial charge is 0.261 e. The molecule has 4 aromatic carbocycles. The lowest BCUT2D eigenvalue weighted by Crippen LogP contribution is -2.25. The van der Waals surface area contributed by atoms with Gasteiger partial charge in [-0.3, -0.25) is 9.52 Å². The maximum Gasteiger partial charge on any atom is 0.261 e.